The topological polar surface area (TPSA) is 41.5 Å². The molecule has 1 aliphatic heterocycles. The van der Waals surface area contributed by atoms with E-state index in [9.17, 15) is 0 Å². The summed E-state index contributed by atoms with van der Waals surface area (Å²) in [6.45, 7) is 5.63. The highest BCUT2D eigenvalue weighted by Gasteiger charge is 2.17. The van der Waals surface area contributed by atoms with Gasteiger partial charge in [0.15, 0.2) is 0 Å². The molecule has 3 nitrogen and oxygen atoms in total. The number of hydrogen-bond acceptors (Lipinski definition) is 3. The van der Waals surface area contributed by atoms with Crippen molar-refractivity contribution in [2.24, 2.45) is 0 Å². The van der Waals surface area contributed by atoms with Gasteiger partial charge in [-0.05, 0) is 33.1 Å². The largest absolute Gasteiger partial charge is 0.393 e. The van der Waals surface area contributed by atoms with Gasteiger partial charge in [-0.2, -0.15) is 0 Å². The van der Waals surface area contributed by atoms with Crippen molar-refractivity contribution < 1.29 is 9.84 Å². The average Bonchev–Trinajstić information content (AvgIpc) is 2.08. The first kappa shape index (κ1) is 11.0. The lowest BCUT2D eigenvalue weighted by atomic mass is 10.0. The fourth-order valence-corrected chi connectivity index (χ4v) is 1.52. The lowest BCUT2D eigenvalue weighted by Crippen LogP contribution is -2.41. The zero-order valence-corrected chi connectivity index (χ0v) is 8.62. The summed E-state index contributed by atoms with van der Waals surface area (Å²) in [6.07, 6.45) is 3.20. The lowest BCUT2D eigenvalue weighted by molar-refractivity contribution is 0.0141. The molecule has 0 bridgehead atoms. The van der Waals surface area contributed by atoms with E-state index in [4.69, 9.17) is 9.84 Å². The molecule has 3 unspecified atom stereocenters. The van der Waals surface area contributed by atoms with Gasteiger partial charge in [0.05, 0.1) is 12.2 Å². The minimum absolute atomic E-state index is 0.240. The van der Waals surface area contributed by atoms with Crippen LogP contribution in [0.15, 0.2) is 0 Å². The predicted octanol–water partition coefficient (Wildman–Crippen LogP) is 0.914. The monoisotopic (exact) mass is 187 g/mol. The molecule has 0 spiro atoms. The molecule has 78 valence electrons. The van der Waals surface area contributed by atoms with Crippen molar-refractivity contribution in [2.45, 2.75) is 51.4 Å². The van der Waals surface area contributed by atoms with Crippen molar-refractivity contribution in [2.75, 3.05) is 13.2 Å². The van der Waals surface area contributed by atoms with Crippen LogP contribution in [-0.2, 0) is 4.74 Å². The van der Waals surface area contributed by atoms with Crippen LogP contribution in [0.25, 0.3) is 0 Å². The minimum atomic E-state index is -0.240. The van der Waals surface area contributed by atoms with Gasteiger partial charge >= 0.3 is 0 Å². The Morgan fingerprint density at radius 3 is 2.85 bits per heavy atom. The molecule has 0 aliphatic carbocycles. The number of aliphatic hydroxyl groups is 1. The van der Waals surface area contributed by atoms with Crippen molar-refractivity contribution >= 4 is 0 Å². The number of nitrogens with one attached hydrogen (secondary N) is 1. The molecular weight excluding hydrogens is 166 g/mol. The number of ether oxygens (including phenoxy) is 1. The van der Waals surface area contributed by atoms with Gasteiger partial charge in [-0.15, -0.1) is 0 Å². The molecule has 0 radical (unpaired) electrons. The molecule has 0 aromatic carbocycles. The molecule has 2 N–H and O–H groups in total. The highest BCUT2D eigenvalue weighted by Crippen LogP contribution is 2.11. The maximum absolute atomic E-state index is 9.03. The van der Waals surface area contributed by atoms with Crippen LogP contribution in [0.1, 0.15) is 33.1 Å². The van der Waals surface area contributed by atoms with Crippen LogP contribution >= 0.6 is 0 Å². The summed E-state index contributed by atoms with van der Waals surface area (Å²) < 4.78 is 5.62. The first-order valence-corrected chi connectivity index (χ1v) is 5.21. The maximum Gasteiger partial charge on any atom is 0.0700 e. The van der Waals surface area contributed by atoms with Crippen LogP contribution in [0.2, 0.25) is 0 Å². The summed E-state index contributed by atoms with van der Waals surface area (Å²) in [7, 11) is 0. The van der Waals surface area contributed by atoms with E-state index in [0.717, 1.165) is 19.4 Å². The van der Waals surface area contributed by atoms with Gasteiger partial charge in [0, 0.05) is 19.2 Å². The van der Waals surface area contributed by atoms with Gasteiger partial charge < -0.3 is 15.2 Å². The summed E-state index contributed by atoms with van der Waals surface area (Å²) in [5, 5.41) is 12.4. The van der Waals surface area contributed by atoms with Crippen molar-refractivity contribution in [1.82, 2.24) is 5.32 Å². The van der Waals surface area contributed by atoms with Gasteiger partial charge in [-0.3, -0.25) is 0 Å². The Morgan fingerprint density at radius 2 is 2.31 bits per heavy atom. The van der Waals surface area contributed by atoms with E-state index in [1.807, 2.05) is 0 Å². The third kappa shape index (κ3) is 4.60. The van der Waals surface area contributed by atoms with Crippen LogP contribution < -0.4 is 5.32 Å². The third-order valence-corrected chi connectivity index (χ3v) is 2.50. The summed E-state index contributed by atoms with van der Waals surface area (Å²) in [5.41, 5.74) is 0. The van der Waals surface area contributed by atoms with E-state index in [-0.39, 0.29) is 6.10 Å². The highest BCUT2D eigenvalue weighted by atomic mass is 16.5. The standard InChI is InChI=1S/C10H21NO2/c1-8-3-4-10(7-11-8)13-6-5-9(2)12/h8-12H,3-7H2,1-2H3. The van der Waals surface area contributed by atoms with E-state index < -0.39 is 0 Å². The summed E-state index contributed by atoms with van der Waals surface area (Å²) >= 11 is 0. The van der Waals surface area contributed by atoms with Crippen molar-refractivity contribution in [1.29, 1.82) is 0 Å². The van der Waals surface area contributed by atoms with Crippen LogP contribution in [0.5, 0.6) is 0 Å². The van der Waals surface area contributed by atoms with E-state index in [1.54, 1.807) is 6.92 Å². The molecule has 13 heavy (non-hydrogen) atoms. The fourth-order valence-electron chi connectivity index (χ4n) is 1.52. The van der Waals surface area contributed by atoms with E-state index >= 15 is 0 Å². The zero-order valence-electron chi connectivity index (χ0n) is 8.62. The molecule has 1 rings (SSSR count). The molecule has 3 heteroatoms. The Morgan fingerprint density at radius 1 is 1.54 bits per heavy atom. The smallest absolute Gasteiger partial charge is 0.0700 e. The summed E-state index contributed by atoms with van der Waals surface area (Å²) in [5.74, 6) is 0. The lowest BCUT2D eigenvalue weighted by Gasteiger charge is -2.27. The van der Waals surface area contributed by atoms with Crippen LogP contribution in [-0.4, -0.2) is 36.5 Å². The van der Waals surface area contributed by atoms with Gasteiger partial charge in [-0.25, -0.2) is 0 Å². The normalized spacial score (nSPS) is 31.6. The Labute approximate surface area is 80.5 Å². The molecule has 0 aromatic heterocycles. The Kier molecular flexibility index (Phi) is 4.70. The zero-order chi connectivity index (χ0) is 9.68. The molecule has 0 amide bonds. The second-order valence-electron chi connectivity index (χ2n) is 4.02. The summed E-state index contributed by atoms with van der Waals surface area (Å²) in [6, 6.07) is 0.636. The highest BCUT2D eigenvalue weighted by molar-refractivity contribution is 4.74. The minimum Gasteiger partial charge on any atom is -0.393 e. The molecule has 1 aliphatic rings. The second kappa shape index (κ2) is 5.58. The Bertz CT molecular complexity index is 131. The van der Waals surface area contributed by atoms with Gasteiger partial charge in [0.1, 0.15) is 0 Å². The average molecular weight is 187 g/mol. The van der Waals surface area contributed by atoms with Crippen molar-refractivity contribution in [3.05, 3.63) is 0 Å². The number of hydrogen-bond donors (Lipinski definition) is 2. The van der Waals surface area contributed by atoms with Crippen molar-refractivity contribution in [3.8, 4) is 0 Å². The Hall–Kier alpha value is -0.120. The predicted molar refractivity (Wildman–Crippen MR) is 52.7 cm³/mol. The molecule has 1 fully saturated rings. The number of aliphatic hydroxyl groups excluding tert-OH is 1. The fraction of sp³-hybridized carbons (Fsp3) is 1.00. The molecule has 3 atom stereocenters. The second-order valence-corrected chi connectivity index (χ2v) is 4.02. The molecule has 1 saturated heterocycles. The van der Waals surface area contributed by atoms with E-state index in [0.29, 0.717) is 18.8 Å². The maximum atomic E-state index is 9.03. The molecule has 0 saturated carbocycles. The van der Waals surface area contributed by atoms with Gasteiger partial charge in [0.25, 0.3) is 0 Å². The van der Waals surface area contributed by atoms with Crippen LogP contribution in [0, 0.1) is 0 Å². The number of piperidine rings is 1. The first-order valence-electron chi connectivity index (χ1n) is 5.21. The Balaban J connectivity index is 2.02. The van der Waals surface area contributed by atoms with E-state index in [1.165, 1.54) is 6.42 Å². The quantitative estimate of drug-likeness (QED) is 0.687. The molecule has 0 aromatic rings. The van der Waals surface area contributed by atoms with Crippen LogP contribution in [0.4, 0.5) is 0 Å². The SMILES string of the molecule is CC(O)CCOC1CCC(C)NC1. The van der Waals surface area contributed by atoms with Crippen molar-refractivity contribution in [3.63, 3.8) is 0 Å². The van der Waals surface area contributed by atoms with Gasteiger partial charge in [0.2, 0.25) is 0 Å². The van der Waals surface area contributed by atoms with E-state index in [2.05, 4.69) is 12.2 Å². The summed E-state index contributed by atoms with van der Waals surface area (Å²) in [4.78, 5) is 0. The third-order valence-electron chi connectivity index (χ3n) is 2.50. The number of rotatable bonds is 4. The van der Waals surface area contributed by atoms with Gasteiger partial charge in [-0.1, -0.05) is 0 Å². The molecule has 1 heterocycles. The molecular formula is C10H21NO2. The first-order chi connectivity index (χ1) is 6.18. The van der Waals surface area contributed by atoms with Crippen LogP contribution in [0.3, 0.4) is 0 Å².